The number of halogens is 1. The number of hydrogen-bond donors (Lipinski definition) is 1. The molecule has 1 heterocycles. The zero-order valence-corrected chi connectivity index (χ0v) is 13.5. The lowest BCUT2D eigenvalue weighted by atomic mass is 10.2. The van der Waals surface area contributed by atoms with Crippen molar-refractivity contribution in [1.29, 1.82) is 0 Å². The van der Waals surface area contributed by atoms with E-state index in [2.05, 4.69) is 40.1 Å². The van der Waals surface area contributed by atoms with Gasteiger partial charge in [0, 0.05) is 13.7 Å². The normalized spacial score (nSPS) is 16.4. The van der Waals surface area contributed by atoms with Crippen molar-refractivity contribution < 1.29 is 4.74 Å². The third-order valence-electron chi connectivity index (χ3n) is 3.33. The van der Waals surface area contributed by atoms with Gasteiger partial charge in [-0.3, -0.25) is 0 Å². The molecule has 106 valence electrons. The molecule has 0 aromatic carbocycles. The van der Waals surface area contributed by atoms with E-state index in [1.165, 1.54) is 12.8 Å². The summed E-state index contributed by atoms with van der Waals surface area (Å²) in [5.41, 5.74) is 1.08. The molecule has 0 radical (unpaired) electrons. The summed E-state index contributed by atoms with van der Waals surface area (Å²) in [5, 5.41) is 3.30. The fraction of sp³-hybridized carbons (Fsp3) is 0.714. The van der Waals surface area contributed by atoms with Crippen LogP contribution in [0.4, 0.5) is 5.82 Å². The molecule has 4 nitrogen and oxygen atoms in total. The highest BCUT2D eigenvalue weighted by Gasteiger charge is 2.35. The Bertz CT molecular complexity index is 408. The Hall–Kier alpha value is -0.680. The molecular formula is C14H22BrN3O. The summed E-state index contributed by atoms with van der Waals surface area (Å²) in [6, 6.07) is 0. The SMILES string of the molecule is CCCc1nc(C(OC)C2CC2)nc(NCC)c1Br. The average molecular weight is 328 g/mol. The third-order valence-corrected chi connectivity index (χ3v) is 4.16. The first-order valence-electron chi connectivity index (χ1n) is 7.04. The van der Waals surface area contributed by atoms with Gasteiger partial charge in [-0.15, -0.1) is 0 Å². The molecule has 1 saturated carbocycles. The van der Waals surface area contributed by atoms with Crippen LogP contribution in [0, 0.1) is 5.92 Å². The van der Waals surface area contributed by atoms with E-state index < -0.39 is 0 Å². The molecule has 1 aliphatic carbocycles. The molecule has 5 heteroatoms. The van der Waals surface area contributed by atoms with Gasteiger partial charge in [0.25, 0.3) is 0 Å². The Morgan fingerprint density at radius 3 is 2.63 bits per heavy atom. The van der Waals surface area contributed by atoms with E-state index in [4.69, 9.17) is 9.72 Å². The van der Waals surface area contributed by atoms with Crippen LogP contribution in [-0.2, 0) is 11.2 Å². The molecule has 0 amide bonds. The highest BCUT2D eigenvalue weighted by atomic mass is 79.9. The van der Waals surface area contributed by atoms with Gasteiger partial charge in [0.05, 0.1) is 10.2 Å². The fourth-order valence-corrected chi connectivity index (χ4v) is 2.75. The standard InChI is InChI=1S/C14H22BrN3O/c1-4-6-10-11(15)13(16-5-2)18-14(17-10)12(19-3)9-7-8-9/h9,12H,4-8H2,1-3H3,(H,16,17,18). The summed E-state index contributed by atoms with van der Waals surface area (Å²) in [7, 11) is 1.75. The van der Waals surface area contributed by atoms with Crippen LogP contribution >= 0.6 is 15.9 Å². The number of hydrogen-bond acceptors (Lipinski definition) is 4. The molecule has 1 fully saturated rings. The van der Waals surface area contributed by atoms with Crippen molar-refractivity contribution in [3.05, 3.63) is 16.0 Å². The average Bonchev–Trinajstić information content (AvgIpc) is 3.21. The number of nitrogens with one attached hydrogen (secondary N) is 1. The van der Waals surface area contributed by atoms with Crippen molar-refractivity contribution in [1.82, 2.24) is 9.97 Å². The lowest BCUT2D eigenvalue weighted by Gasteiger charge is -2.17. The van der Waals surface area contributed by atoms with Crippen LogP contribution in [0.15, 0.2) is 4.47 Å². The van der Waals surface area contributed by atoms with Crippen LogP contribution in [0.3, 0.4) is 0 Å². The van der Waals surface area contributed by atoms with E-state index in [1.807, 2.05) is 0 Å². The van der Waals surface area contributed by atoms with Crippen molar-refractivity contribution in [2.45, 2.75) is 45.6 Å². The molecule has 1 atom stereocenters. The van der Waals surface area contributed by atoms with Gasteiger partial charge in [-0.25, -0.2) is 9.97 Å². The topological polar surface area (TPSA) is 47.0 Å². The molecule has 0 saturated heterocycles. The maximum Gasteiger partial charge on any atom is 0.160 e. The van der Waals surface area contributed by atoms with Crippen LogP contribution in [0.2, 0.25) is 0 Å². The van der Waals surface area contributed by atoms with E-state index >= 15 is 0 Å². The van der Waals surface area contributed by atoms with E-state index in [9.17, 15) is 0 Å². The van der Waals surface area contributed by atoms with Crippen molar-refractivity contribution in [2.24, 2.45) is 5.92 Å². The highest BCUT2D eigenvalue weighted by molar-refractivity contribution is 9.10. The number of ether oxygens (including phenoxy) is 1. The van der Waals surface area contributed by atoms with Crippen LogP contribution in [0.25, 0.3) is 0 Å². The number of anilines is 1. The summed E-state index contributed by atoms with van der Waals surface area (Å²) < 4.78 is 6.59. The van der Waals surface area contributed by atoms with E-state index in [-0.39, 0.29) is 6.10 Å². The lowest BCUT2D eigenvalue weighted by Crippen LogP contribution is -2.14. The molecule has 0 bridgehead atoms. The summed E-state index contributed by atoms with van der Waals surface area (Å²) >= 11 is 3.61. The molecule has 1 aromatic rings. The van der Waals surface area contributed by atoms with E-state index in [0.29, 0.717) is 5.92 Å². The van der Waals surface area contributed by atoms with Crippen molar-refractivity contribution in [3.63, 3.8) is 0 Å². The Morgan fingerprint density at radius 2 is 2.11 bits per heavy atom. The first-order valence-corrected chi connectivity index (χ1v) is 7.83. The van der Waals surface area contributed by atoms with Gasteiger partial charge >= 0.3 is 0 Å². The minimum absolute atomic E-state index is 0.0427. The molecule has 1 aromatic heterocycles. The largest absolute Gasteiger partial charge is 0.373 e. The maximum absolute atomic E-state index is 5.60. The first-order chi connectivity index (χ1) is 9.21. The Labute approximate surface area is 123 Å². The molecule has 19 heavy (non-hydrogen) atoms. The van der Waals surface area contributed by atoms with Crippen molar-refractivity contribution in [2.75, 3.05) is 19.0 Å². The third kappa shape index (κ3) is 3.45. The van der Waals surface area contributed by atoms with Gasteiger partial charge < -0.3 is 10.1 Å². The van der Waals surface area contributed by atoms with Crippen LogP contribution in [0.1, 0.15) is 50.7 Å². The summed E-state index contributed by atoms with van der Waals surface area (Å²) in [5.74, 6) is 2.31. The lowest BCUT2D eigenvalue weighted by molar-refractivity contribution is 0.0771. The molecule has 2 rings (SSSR count). The number of methoxy groups -OCH3 is 1. The molecule has 1 aliphatic rings. The first kappa shape index (κ1) is 14.7. The Balaban J connectivity index is 2.36. The van der Waals surface area contributed by atoms with Crippen LogP contribution < -0.4 is 5.32 Å². The Kier molecular flexibility index (Phi) is 5.16. The van der Waals surface area contributed by atoms with Crippen molar-refractivity contribution in [3.8, 4) is 0 Å². The molecule has 1 unspecified atom stereocenters. The summed E-state index contributed by atoms with van der Waals surface area (Å²) in [4.78, 5) is 9.36. The van der Waals surface area contributed by atoms with Crippen LogP contribution in [-0.4, -0.2) is 23.6 Å². The molecule has 1 N–H and O–H groups in total. The number of rotatable bonds is 7. The number of aryl methyl sites for hydroxylation is 1. The predicted molar refractivity (Wildman–Crippen MR) is 80.4 cm³/mol. The highest BCUT2D eigenvalue weighted by Crippen LogP contribution is 2.42. The second-order valence-corrected chi connectivity index (χ2v) is 5.76. The monoisotopic (exact) mass is 327 g/mol. The zero-order valence-electron chi connectivity index (χ0n) is 11.9. The van der Waals surface area contributed by atoms with E-state index in [0.717, 1.165) is 41.2 Å². The zero-order chi connectivity index (χ0) is 13.8. The fourth-order valence-electron chi connectivity index (χ4n) is 2.23. The minimum atomic E-state index is 0.0427. The van der Waals surface area contributed by atoms with Gasteiger partial charge in [0.15, 0.2) is 5.82 Å². The second kappa shape index (κ2) is 6.66. The van der Waals surface area contributed by atoms with Gasteiger partial charge in [-0.2, -0.15) is 0 Å². The van der Waals surface area contributed by atoms with Crippen LogP contribution in [0.5, 0.6) is 0 Å². The van der Waals surface area contributed by atoms with E-state index in [1.54, 1.807) is 7.11 Å². The van der Waals surface area contributed by atoms with Gasteiger partial charge in [0.1, 0.15) is 11.9 Å². The summed E-state index contributed by atoms with van der Waals surface area (Å²) in [6.07, 6.45) is 4.51. The summed E-state index contributed by atoms with van der Waals surface area (Å²) in [6.45, 7) is 5.08. The second-order valence-electron chi connectivity index (χ2n) is 4.97. The Morgan fingerprint density at radius 1 is 1.37 bits per heavy atom. The smallest absolute Gasteiger partial charge is 0.160 e. The molecular weight excluding hydrogens is 306 g/mol. The molecule has 0 aliphatic heterocycles. The maximum atomic E-state index is 5.60. The quantitative estimate of drug-likeness (QED) is 0.829. The van der Waals surface area contributed by atoms with Gasteiger partial charge in [-0.05, 0) is 48.0 Å². The van der Waals surface area contributed by atoms with Crippen molar-refractivity contribution >= 4 is 21.7 Å². The molecule has 0 spiro atoms. The number of aromatic nitrogens is 2. The predicted octanol–water partition coefficient (Wildman–Crippen LogP) is 3.72. The minimum Gasteiger partial charge on any atom is -0.373 e. The van der Waals surface area contributed by atoms with Gasteiger partial charge in [-0.1, -0.05) is 13.3 Å². The number of nitrogens with zero attached hydrogens (tertiary/aromatic N) is 2. The van der Waals surface area contributed by atoms with Gasteiger partial charge in [0.2, 0.25) is 0 Å².